The van der Waals surface area contributed by atoms with Crippen molar-refractivity contribution < 1.29 is 9.59 Å². The van der Waals surface area contributed by atoms with Gasteiger partial charge in [-0.15, -0.1) is 0 Å². The van der Waals surface area contributed by atoms with Gasteiger partial charge >= 0.3 is 0 Å². The van der Waals surface area contributed by atoms with Crippen LogP contribution in [0.3, 0.4) is 0 Å². The SMILES string of the molecule is CNC(=O)c1ccccc1NC(=O)c1ccc(C(C)(C)C)cc1. The first-order chi connectivity index (χ1) is 10.8. The number of hydrogen-bond acceptors (Lipinski definition) is 2. The van der Waals surface area contributed by atoms with Crippen LogP contribution in [0, 0.1) is 0 Å². The molecule has 2 rings (SSSR count). The predicted molar refractivity (Wildman–Crippen MR) is 92.9 cm³/mol. The Bertz CT molecular complexity index is 713. The molecular weight excluding hydrogens is 288 g/mol. The van der Waals surface area contributed by atoms with Gasteiger partial charge in [-0.25, -0.2) is 0 Å². The molecule has 4 nitrogen and oxygen atoms in total. The van der Waals surface area contributed by atoms with E-state index in [4.69, 9.17) is 0 Å². The first-order valence-corrected chi connectivity index (χ1v) is 7.56. The fraction of sp³-hybridized carbons (Fsp3) is 0.263. The Morgan fingerprint density at radius 2 is 1.48 bits per heavy atom. The van der Waals surface area contributed by atoms with Gasteiger partial charge in [0.05, 0.1) is 11.3 Å². The van der Waals surface area contributed by atoms with E-state index in [0.717, 1.165) is 0 Å². The molecule has 2 aromatic rings. The molecule has 0 heterocycles. The van der Waals surface area contributed by atoms with Gasteiger partial charge < -0.3 is 10.6 Å². The average molecular weight is 310 g/mol. The first kappa shape index (κ1) is 16.7. The van der Waals surface area contributed by atoms with E-state index in [-0.39, 0.29) is 17.2 Å². The molecule has 0 aliphatic rings. The van der Waals surface area contributed by atoms with Gasteiger partial charge in [0.15, 0.2) is 0 Å². The maximum atomic E-state index is 12.4. The molecule has 23 heavy (non-hydrogen) atoms. The third kappa shape index (κ3) is 3.97. The highest BCUT2D eigenvalue weighted by Crippen LogP contribution is 2.23. The first-order valence-electron chi connectivity index (χ1n) is 7.56. The van der Waals surface area contributed by atoms with Gasteiger partial charge in [0.2, 0.25) is 0 Å². The van der Waals surface area contributed by atoms with Crippen LogP contribution in [-0.4, -0.2) is 18.9 Å². The minimum Gasteiger partial charge on any atom is -0.355 e. The van der Waals surface area contributed by atoms with Crippen LogP contribution in [0.2, 0.25) is 0 Å². The van der Waals surface area contributed by atoms with Crippen LogP contribution in [0.4, 0.5) is 5.69 Å². The quantitative estimate of drug-likeness (QED) is 0.910. The zero-order chi connectivity index (χ0) is 17.0. The zero-order valence-corrected chi connectivity index (χ0v) is 13.9. The largest absolute Gasteiger partial charge is 0.355 e. The van der Waals surface area contributed by atoms with Gasteiger partial charge in [-0.1, -0.05) is 45.0 Å². The Hall–Kier alpha value is -2.62. The minimum absolute atomic E-state index is 0.0425. The third-order valence-corrected chi connectivity index (χ3v) is 3.66. The molecule has 120 valence electrons. The maximum absolute atomic E-state index is 12.4. The van der Waals surface area contributed by atoms with E-state index in [0.29, 0.717) is 16.8 Å². The van der Waals surface area contributed by atoms with Crippen LogP contribution in [0.5, 0.6) is 0 Å². The monoisotopic (exact) mass is 310 g/mol. The summed E-state index contributed by atoms with van der Waals surface area (Å²) in [5.74, 6) is -0.467. The summed E-state index contributed by atoms with van der Waals surface area (Å²) < 4.78 is 0. The van der Waals surface area contributed by atoms with Crippen LogP contribution in [0.25, 0.3) is 0 Å². The van der Waals surface area contributed by atoms with Crippen LogP contribution in [-0.2, 0) is 5.41 Å². The van der Waals surface area contributed by atoms with Gasteiger partial charge in [-0.3, -0.25) is 9.59 Å². The van der Waals surface area contributed by atoms with Gasteiger partial charge in [0.1, 0.15) is 0 Å². The lowest BCUT2D eigenvalue weighted by Gasteiger charge is -2.19. The summed E-state index contributed by atoms with van der Waals surface area (Å²) in [6.07, 6.45) is 0. The normalized spacial score (nSPS) is 11.0. The van der Waals surface area contributed by atoms with Crippen molar-refractivity contribution in [2.24, 2.45) is 0 Å². The second kappa shape index (κ2) is 6.65. The van der Waals surface area contributed by atoms with Gasteiger partial charge in [-0.05, 0) is 35.2 Å². The highest BCUT2D eigenvalue weighted by atomic mass is 16.2. The Balaban J connectivity index is 2.22. The van der Waals surface area contributed by atoms with E-state index in [2.05, 4.69) is 31.4 Å². The summed E-state index contributed by atoms with van der Waals surface area (Å²) >= 11 is 0. The fourth-order valence-corrected chi connectivity index (χ4v) is 2.24. The molecule has 4 heteroatoms. The van der Waals surface area contributed by atoms with Crippen molar-refractivity contribution in [1.29, 1.82) is 0 Å². The van der Waals surface area contributed by atoms with Crippen LogP contribution < -0.4 is 10.6 Å². The van der Waals surface area contributed by atoms with Gasteiger partial charge in [0.25, 0.3) is 11.8 Å². The molecule has 0 radical (unpaired) electrons. The van der Waals surface area contributed by atoms with E-state index >= 15 is 0 Å². The number of carbonyl (C=O) groups is 2. The third-order valence-electron chi connectivity index (χ3n) is 3.66. The summed E-state index contributed by atoms with van der Waals surface area (Å²) in [7, 11) is 1.56. The smallest absolute Gasteiger partial charge is 0.255 e. The number of amides is 2. The molecule has 0 spiro atoms. The van der Waals surface area contributed by atoms with E-state index < -0.39 is 0 Å². The Kier molecular flexibility index (Phi) is 4.84. The second-order valence-electron chi connectivity index (χ2n) is 6.41. The van der Waals surface area contributed by atoms with E-state index in [1.807, 2.05) is 12.1 Å². The molecule has 0 bridgehead atoms. The van der Waals surface area contributed by atoms with Crippen molar-refractivity contribution in [2.45, 2.75) is 26.2 Å². The average Bonchev–Trinajstić information content (AvgIpc) is 2.54. The molecular formula is C19H22N2O2. The summed E-state index contributed by atoms with van der Waals surface area (Å²) in [6, 6.07) is 14.5. The maximum Gasteiger partial charge on any atom is 0.255 e. The van der Waals surface area contributed by atoms with Crippen molar-refractivity contribution in [2.75, 3.05) is 12.4 Å². The molecule has 0 saturated carbocycles. The molecule has 0 aliphatic carbocycles. The number of rotatable bonds is 3. The fourth-order valence-electron chi connectivity index (χ4n) is 2.24. The van der Waals surface area contributed by atoms with Crippen molar-refractivity contribution in [1.82, 2.24) is 5.32 Å². The number of anilines is 1. The summed E-state index contributed by atoms with van der Waals surface area (Å²) in [4.78, 5) is 24.2. The van der Waals surface area contributed by atoms with E-state index in [9.17, 15) is 9.59 Å². The Morgan fingerprint density at radius 3 is 2.04 bits per heavy atom. The molecule has 0 unspecified atom stereocenters. The molecule has 2 aromatic carbocycles. The number of hydrogen-bond donors (Lipinski definition) is 2. The van der Waals surface area contributed by atoms with Crippen LogP contribution in [0.1, 0.15) is 47.1 Å². The van der Waals surface area contributed by atoms with Crippen molar-refractivity contribution in [3.63, 3.8) is 0 Å². The summed E-state index contributed by atoms with van der Waals surface area (Å²) in [5.41, 5.74) is 2.71. The van der Waals surface area contributed by atoms with Crippen LogP contribution in [0.15, 0.2) is 48.5 Å². The number of benzene rings is 2. The molecule has 0 aliphatic heterocycles. The number of nitrogens with one attached hydrogen (secondary N) is 2. The second-order valence-corrected chi connectivity index (χ2v) is 6.41. The van der Waals surface area contributed by atoms with Gasteiger partial charge in [0, 0.05) is 12.6 Å². The molecule has 0 saturated heterocycles. The molecule has 0 fully saturated rings. The molecule has 0 aromatic heterocycles. The summed E-state index contributed by atoms with van der Waals surface area (Å²) in [5, 5.41) is 5.37. The van der Waals surface area contributed by atoms with Gasteiger partial charge in [-0.2, -0.15) is 0 Å². The topological polar surface area (TPSA) is 58.2 Å². The zero-order valence-electron chi connectivity index (χ0n) is 13.9. The van der Waals surface area contributed by atoms with E-state index in [1.54, 1.807) is 43.4 Å². The van der Waals surface area contributed by atoms with Crippen molar-refractivity contribution in [3.05, 3.63) is 65.2 Å². The lowest BCUT2D eigenvalue weighted by atomic mass is 9.86. The Morgan fingerprint density at radius 1 is 0.870 bits per heavy atom. The van der Waals surface area contributed by atoms with E-state index in [1.165, 1.54) is 5.56 Å². The predicted octanol–water partition coefficient (Wildman–Crippen LogP) is 3.60. The number of para-hydroxylation sites is 1. The molecule has 2 N–H and O–H groups in total. The molecule has 2 amide bonds. The highest BCUT2D eigenvalue weighted by molar-refractivity contribution is 6.08. The standard InChI is InChI=1S/C19H22N2O2/c1-19(2,3)14-11-9-13(10-12-14)17(22)21-16-8-6-5-7-15(16)18(23)20-4/h5-12H,1-4H3,(H,20,23)(H,21,22). The lowest BCUT2D eigenvalue weighted by Crippen LogP contribution is -2.21. The number of carbonyl (C=O) groups excluding carboxylic acids is 2. The minimum atomic E-state index is -0.234. The van der Waals surface area contributed by atoms with Crippen LogP contribution >= 0.6 is 0 Å². The van der Waals surface area contributed by atoms with Crippen molar-refractivity contribution >= 4 is 17.5 Å². The Labute approximate surface area is 136 Å². The highest BCUT2D eigenvalue weighted by Gasteiger charge is 2.16. The molecule has 0 atom stereocenters. The summed E-state index contributed by atoms with van der Waals surface area (Å²) in [6.45, 7) is 6.38. The lowest BCUT2D eigenvalue weighted by molar-refractivity contribution is 0.0964. The van der Waals surface area contributed by atoms with Crippen molar-refractivity contribution in [3.8, 4) is 0 Å².